The number of hydrogen-bond acceptors (Lipinski definition) is 3. The van der Waals surface area contributed by atoms with Gasteiger partial charge < -0.3 is 5.32 Å². The number of amides is 1. The summed E-state index contributed by atoms with van der Waals surface area (Å²) in [6.07, 6.45) is 1.94. The molecule has 0 heterocycles. The molecule has 0 saturated carbocycles. The van der Waals surface area contributed by atoms with Crippen molar-refractivity contribution in [2.45, 2.75) is 18.6 Å². The molecule has 0 bridgehead atoms. The van der Waals surface area contributed by atoms with Gasteiger partial charge in [-0.15, -0.1) is 11.8 Å². The number of benzene rings is 2. The Morgan fingerprint density at radius 1 is 1.04 bits per heavy atom. The lowest BCUT2D eigenvalue weighted by molar-refractivity contribution is -0.118. The molecule has 2 rings (SSSR count). The van der Waals surface area contributed by atoms with E-state index in [1.165, 1.54) is 5.56 Å². The monoisotopic (exact) mass is 324 g/mol. The van der Waals surface area contributed by atoms with Crippen molar-refractivity contribution in [3.8, 4) is 6.07 Å². The molecule has 0 unspecified atom stereocenters. The summed E-state index contributed by atoms with van der Waals surface area (Å²) in [5.74, 6) is 1.32. The summed E-state index contributed by atoms with van der Waals surface area (Å²) in [7, 11) is 0. The zero-order chi connectivity index (χ0) is 16.3. The maximum atomic E-state index is 11.8. The second-order valence-corrected chi connectivity index (χ2v) is 6.23. The van der Waals surface area contributed by atoms with Crippen molar-refractivity contribution < 1.29 is 4.79 Å². The third-order valence-electron chi connectivity index (χ3n) is 3.39. The van der Waals surface area contributed by atoms with Gasteiger partial charge in [0.2, 0.25) is 5.91 Å². The first kappa shape index (κ1) is 17.1. The van der Waals surface area contributed by atoms with Crippen molar-refractivity contribution in [2.24, 2.45) is 0 Å². The van der Waals surface area contributed by atoms with Crippen LogP contribution in [0, 0.1) is 11.3 Å². The summed E-state index contributed by atoms with van der Waals surface area (Å²) in [4.78, 5) is 11.8. The molecule has 0 spiro atoms. The van der Waals surface area contributed by atoms with Gasteiger partial charge in [-0.1, -0.05) is 42.5 Å². The molecule has 4 heteroatoms. The molecule has 3 nitrogen and oxygen atoms in total. The summed E-state index contributed by atoms with van der Waals surface area (Å²) >= 11 is 1.59. The maximum Gasteiger partial charge on any atom is 0.230 e. The lowest BCUT2D eigenvalue weighted by atomic mass is 10.1. The van der Waals surface area contributed by atoms with E-state index in [-0.39, 0.29) is 5.91 Å². The quantitative estimate of drug-likeness (QED) is 0.756. The van der Waals surface area contributed by atoms with E-state index in [1.807, 2.05) is 30.3 Å². The molecule has 1 amide bonds. The molecular formula is C19H20N2OS. The normalized spacial score (nSPS) is 10.0. The summed E-state index contributed by atoms with van der Waals surface area (Å²) in [6.45, 7) is 0.713. The second-order valence-electron chi connectivity index (χ2n) is 5.24. The molecule has 118 valence electrons. The van der Waals surface area contributed by atoms with Crippen LogP contribution in [0.4, 0.5) is 0 Å². The summed E-state index contributed by atoms with van der Waals surface area (Å²) < 4.78 is 0. The SMILES string of the molecule is N#Cc1ccc(CSCC(=O)NCCCc2ccccc2)cc1. The standard InChI is InChI=1S/C19H20N2OS/c20-13-17-8-10-18(11-9-17)14-23-15-19(22)21-12-4-7-16-5-2-1-3-6-16/h1-3,5-6,8-11H,4,7,12,14-15H2,(H,21,22). The fourth-order valence-corrected chi connectivity index (χ4v) is 2.97. The Morgan fingerprint density at radius 3 is 2.48 bits per heavy atom. The highest BCUT2D eigenvalue weighted by atomic mass is 32.2. The first-order valence-corrected chi connectivity index (χ1v) is 8.81. The van der Waals surface area contributed by atoms with Gasteiger partial charge >= 0.3 is 0 Å². The van der Waals surface area contributed by atoms with Crippen LogP contribution in [-0.2, 0) is 17.0 Å². The van der Waals surface area contributed by atoms with E-state index < -0.39 is 0 Å². The average Bonchev–Trinajstić information content (AvgIpc) is 2.60. The van der Waals surface area contributed by atoms with Crippen LogP contribution < -0.4 is 5.32 Å². The van der Waals surface area contributed by atoms with Crippen molar-refractivity contribution in [1.29, 1.82) is 5.26 Å². The predicted octanol–water partition coefficient (Wildman–Crippen LogP) is 3.54. The van der Waals surface area contributed by atoms with Crippen LogP contribution in [0.3, 0.4) is 0 Å². The number of carbonyl (C=O) groups is 1. The zero-order valence-electron chi connectivity index (χ0n) is 13.0. The first-order valence-electron chi connectivity index (χ1n) is 7.65. The van der Waals surface area contributed by atoms with E-state index in [2.05, 4.69) is 23.5 Å². The Balaban J connectivity index is 1.57. The molecule has 0 radical (unpaired) electrons. The van der Waals surface area contributed by atoms with Gasteiger partial charge in [0.1, 0.15) is 0 Å². The van der Waals surface area contributed by atoms with E-state index >= 15 is 0 Å². The van der Waals surface area contributed by atoms with Crippen LogP contribution in [0.15, 0.2) is 54.6 Å². The highest BCUT2D eigenvalue weighted by Gasteiger charge is 2.02. The minimum absolute atomic E-state index is 0.0803. The number of aryl methyl sites for hydroxylation is 1. The van der Waals surface area contributed by atoms with E-state index in [0.717, 1.165) is 24.2 Å². The van der Waals surface area contributed by atoms with Crippen molar-refractivity contribution in [1.82, 2.24) is 5.32 Å². The van der Waals surface area contributed by atoms with E-state index in [4.69, 9.17) is 5.26 Å². The molecular weight excluding hydrogens is 304 g/mol. The molecule has 1 N–H and O–H groups in total. The molecule has 2 aromatic rings. The average molecular weight is 324 g/mol. The van der Waals surface area contributed by atoms with Gasteiger partial charge in [-0.2, -0.15) is 5.26 Å². The Bertz CT molecular complexity index is 647. The van der Waals surface area contributed by atoms with Crippen molar-refractivity contribution >= 4 is 17.7 Å². The summed E-state index contributed by atoms with van der Waals surface area (Å²) in [5.41, 5.74) is 3.10. The maximum absolute atomic E-state index is 11.8. The number of nitriles is 1. The van der Waals surface area contributed by atoms with Crippen LogP contribution in [0.5, 0.6) is 0 Å². The molecule has 0 aliphatic heterocycles. The largest absolute Gasteiger partial charge is 0.355 e. The second kappa shape index (κ2) is 9.70. The van der Waals surface area contributed by atoms with Crippen molar-refractivity contribution in [2.75, 3.05) is 12.3 Å². The Kier molecular flexibility index (Phi) is 7.22. The number of thioether (sulfide) groups is 1. The molecule has 0 aliphatic rings. The van der Waals surface area contributed by atoms with Gasteiger partial charge in [-0.3, -0.25) is 4.79 Å². The minimum atomic E-state index is 0.0803. The lowest BCUT2D eigenvalue weighted by Gasteiger charge is -2.06. The van der Waals surface area contributed by atoms with Gasteiger partial charge in [0.05, 0.1) is 17.4 Å². The van der Waals surface area contributed by atoms with Crippen LogP contribution in [0.25, 0.3) is 0 Å². The van der Waals surface area contributed by atoms with Gasteiger partial charge in [0.15, 0.2) is 0 Å². The minimum Gasteiger partial charge on any atom is -0.355 e. The van der Waals surface area contributed by atoms with Crippen molar-refractivity contribution in [3.63, 3.8) is 0 Å². The highest BCUT2D eigenvalue weighted by molar-refractivity contribution is 7.99. The van der Waals surface area contributed by atoms with E-state index in [1.54, 1.807) is 23.9 Å². The van der Waals surface area contributed by atoms with Crippen molar-refractivity contribution in [3.05, 3.63) is 71.3 Å². The Morgan fingerprint density at radius 2 is 1.78 bits per heavy atom. The van der Waals surface area contributed by atoms with Gasteiger partial charge in [0.25, 0.3) is 0 Å². The van der Waals surface area contributed by atoms with Crippen LogP contribution >= 0.6 is 11.8 Å². The number of nitrogens with zero attached hydrogens (tertiary/aromatic N) is 1. The Hall–Kier alpha value is -2.25. The van der Waals surface area contributed by atoms with Crippen LogP contribution in [-0.4, -0.2) is 18.2 Å². The number of carbonyl (C=O) groups excluding carboxylic acids is 1. The van der Waals surface area contributed by atoms with Crippen LogP contribution in [0.2, 0.25) is 0 Å². The van der Waals surface area contributed by atoms with Gasteiger partial charge in [-0.05, 0) is 36.1 Å². The fraction of sp³-hybridized carbons (Fsp3) is 0.263. The third kappa shape index (κ3) is 6.58. The molecule has 0 saturated heterocycles. The molecule has 0 aromatic heterocycles. The predicted molar refractivity (Wildman–Crippen MR) is 95.1 cm³/mol. The lowest BCUT2D eigenvalue weighted by Crippen LogP contribution is -2.26. The number of rotatable bonds is 8. The third-order valence-corrected chi connectivity index (χ3v) is 4.40. The van der Waals surface area contributed by atoms with E-state index in [0.29, 0.717) is 17.9 Å². The Labute approximate surface area is 141 Å². The number of hydrogen-bond donors (Lipinski definition) is 1. The summed E-state index contributed by atoms with van der Waals surface area (Å²) in [6, 6.07) is 19.9. The molecule has 0 aliphatic carbocycles. The van der Waals surface area contributed by atoms with Gasteiger partial charge in [-0.25, -0.2) is 0 Å². The van der Waals surface area contributed by atoms with E-state index in [9.17, 15) is 4.79 Å². The van der Waals surface area contributed by atoms with Crippen LogP contribution in [0.1, 0.15) is 23.1 Å². The van der Waals surface area contributed by atoms with Gasteiger partial charge in [0, 0.05) is 12.3 Å². The smallest absolute Gasteiger partial charge is 0.230 e. The topological polar surface area (TPSA) is 52.9 Å². The zero-order valence-corrected chi connectivity index (χ0v) is 13.8. The molecule has 2 aromatic carbocycles. The first-order chi connectivity index (χ1) is 11.3. The number of nitrogens with one attached hydrogen (secondary N) is 1. The highest BCUT2D eigenvalue weighted by Crippen LogP contribution is 2.12. The molecule has 0 fully saturated rings. The molecule has 0 atom stereocenters. The summed E-state index contributed by atoms with van der Waals surface area (Å²) in [5, 5.41) is 11.7. The fourth-order valence-electron chi connectivity index (χ4n) is 2.15. The molecule has 23 heavy (non-hydrogen) atoms.